The molecule has 2 heterocycles. The Bertz CT molecular complexity index is 659. The summed E-state index contributed by atoms with van der Waals surface area (Å²) in [6, 6.07) is 0. The molecule has 134 valence electrons. The van der Waals surface area contributed by atoms with E-state index in [-0.39, 0.29) is 42.0 Å². The normalized spacial score (nSPS) is 11.9. The average molecular weight is 464 g/mol. The van der Waals surface area contributed by atoms with E-state index in [4.69, 9.17) is 0 Å². The number of hydrogen-bond acceptors (Lipinski definition) is 4. The maximum atomic E-state index is 11.9. The maximum absolute atomic E-state index is 11.9. The average Bonchev–Trinajstić information content (AvgIpc) is 3.00. The number of hydrogen-bond donors (Lipinski definition) is 3. The molecule has 0 radical (unpaired) electrons. The predicted octanol–water partition coefficient (Wildman–Crippen LogP) is 1.98. The number of carbonyl (C=O) groups is 1. The van der Waals surface area contributed by atoms with Crippen molar-refractivity contribution in [3.05, 3.63) is 23.5 Å². The van der Waals surface area contributed by atoms with Crippen LogP contribution in [-0.2, 0) is 11.3 Å². The second-order valence-electron chi connectivity index (χ2n) is 6.17. The largest absolute Gasteiger partial charge is 0.357 e. The Morgan fingerprint density at radius 1 is 1.38 bits per heavy atom. The SMILES string of the molecule is CCNC(=NCc1cn2ccsc2n1)NCC(=O)NC(C)(C)C.I. The molecule has 24 heavy (non-hydrogen) atoms. The number of imidazole rings is 1. The third kappa shape index (κ3) is 6.63. The lowest BCUT2D eigenvalue weighted by atomic mass is 10.1. The molecule has 0 spiro atoms. The van der Waals surface area contributed by atoms with E-state index in [9.17, 15) is 4.79 Å². The number of thiazole rings is 1. The van der Waals surface area contributed by atoms with Gasteiger partial charge in [-0.15, -0.1) is 35.3 Å². The minimum atomic E-state index is -0.240. The van der Waals surface area contributed by atoms with Crippen LogP contribution in [-0.4, -0.2) is 39.9 Å². The van der Waals surface area contributed by atoms with Crippen molar-refractivity contribution in [2.24, 2.45) is 4.99 Å². The van der Waals surface area contributed by atoms with Crippen molar-refractivity contribution in [1.82, 2.24) is 25.3 Å². The highest BCUT2D eigenvalue weighted by atomic mass is 127. The third-order valence-corrected chi connectivity index (χ3v) is 3.59. The number of guanidine groups is 1. The summed E-state index contributed by atoms with van der Waals surface area (Å²) in [4.78, 5) is 21.8. The molecule has 0 saturated carbocycles. The molecule has 0 bridgehead atoms. The zero-order valence-electron chi connectivity index (χ0n) is 14.4. The number of halogens is 1. The van der Waals surface area contributed by atoms with E-state index < -0.39 is 0 Å². The second-order valence-corrected chi connectivity index (χ2v) is 7.05. The van der Waals surface area contributed by atoms with E-state index in [0.29, 0.717) is 12.5 Å². The standard InChI is InChI=1S/C15H24N6OS.HI/c1-5-16-13(18-9-12(22)20-15(2,3)4)17-8-11-10-21-6-7-23-14(21)19-11;/h6-7,10H,5,8-9H2,1-4H3,(H,20,22)(H2,16,17,18);1H. The van der Waals surface area contributed by atoms with Gasteiger partial charge in [0.05, 0.1) is 18.8 Å². The van der Waals surface area contributed by atoms with Crippen LogP contribution < -0.4 is 16.0 Å². The van der Waals surface area contributed by atoms with Crippen LogP contribution in [0.3, 0.4) is 0 Å². The van der Waals surface area contributed by atoms with Crippen LogP contribution in [0.4, 0.5) is 0 Å². The molecule has 9 heteroatoms. The first-order valence-electron chi connectivity index (χ1n) is 7.61. The highest BCUT2D eigenvalue weighted by Crippen LogP contribution is 2.11. The van der Waals surface area contributed by atoms with Crippen molar-refractivity contribution in [3.63, 3.8) is 0 Å². The summed E-state index contributed by atoms with van der Waals surface area (Å²) >= 11 is 1.59. The molecule has 0 aliphatic heterocycles. The van der Waals surface area contributed by atoms with Gasteiger partial charge in [-0.3, -0.25) is 9.20 Å². The predicted molar refractivity (Wildman–Crippen MR) is 109 cm³/mol. The topological polar surface area (TPSA) is 82.8 Å². The molecule has 0 aliphatic rings. The Morgan fingerprint density at radius 2 is 2.12 bits per heavy atom. The van der Waals surface area contributed by atoms with E-state index in [1.807, 2.05) is 49.9 Å². The summed E-state index contributed by atoms with van der Waals surface area (Å²) in [5, 5.41) is 11.1. The monoisotopic (exact) mass is 464 g/mol. The van der Waals surface area contributed by atoms with Gasteiger partial charge < -0.3 is 16.0 Å². The van der Waals surface area contributed by atoms with Gasteiger partial charge in [-0.2, -0.15) is 0 Å². The number of amides is 1. The highest BCUT2D eigenvalue weighted by Gasteiger charge is 2.13. The number of carbonyl (C=O) groups excluding carboxylic acids is 1. The maximum Gasteiger partial charge on any atom is 0.239 e. The van der Waals surface area contributed by atoms with E-state index in [1.165, 1.54) is 0 Å². The number of rotatable bonds is 5. The van der Waals surface area contributed by atoms with Crippen molar-refractivity contribution in [2.75, 3.05) is 13.1 Å². The molecule has 1 amide bonds. The third-order valence-electron chi connectivity index (χ3n) is 2.82. The van der Waals surface area contributed by atoms with E-state index in [2.05, 4.69) is 25.9 Å². The first-order valence-corrected chi connectivity index (χ1v) is 8.49. The summed E-state index contributed by atoms with van der Waals surface area (Å²) in [7, 11) is 0. The van der Waals surface area contributed by atoms with Gasteiger partial charge in [0.2, 0.25) is 5.91 Å². The molecule has 2 aromatic heterocycles. The fraction of sp³-hybridized carbons (Fsp3) is 0.533. The second kappa shape index (κ2) is 9.21. The van der Waals surface area contributed by atoms with Gasteiger partial charge in [0.15, 0.2) is 10.9 Å². The van der Waals surface area contributed by atoms with Crippen LogP contribution in [0.15, 0.2) is 22.8 Å². The van der Waals surface area contributed by atoms with Crippen LogP contribution in [0.5, 0.6) is 0 Å². The van der Waals surface area contributed by atoms with Gasteiger partial charge in [0.25, 0.3) is 0 Å². The summed E-state index contributed by atoms with van der Waals surface area (Å²) < 4.78 is 1.98. The van der Waals surface area contributed by atoms with Crippen LogP contribution >= 0.6 is 35.3 Å². The Kier molecular flexibility index (Phi) is 7.94. The van der Waals surface area contributed by atoms with Crippen LogP contribution in [0.2, 0.25) is 0 Å². The van der Waals surface area contributed by atoms with Crippen molar-refractivity contribution >= 4 is 52.1 Å². The van der Waals surface area contributed by atoms with Crippen molar-refractivity contribution in [3.8, 4) is 0 Å². The lowest BCUT2D eigenvalue weighted by Gasteiger charge is -2.21. The Hall–Kier alpha value is -1.36. The number of nitrogens with zero attached hydrogens (tertiary/aromatic N) is 3. The van der Waals surface area contributed by atoms with Gasteiger partial charge in [0, 0.05) is 29.9 Å². The van der Waals surface area contributed by atoms with E-state index in [1.54, 1.807) is 11.3 Å². The molecule has 3 N–H and O–H groups in total. The van der Waals surface area contributed by atoms with Gasteiger partial charge >= 0.3 is 0 Å². The zero-order valence-corrected chi connectivity index (χ0v) is 17.6. The summed E-state index contributed by atoms with van der Waals surface area (Å²) in [6.45, 7) is 9.22. The van der Waals surface area contributed by atoms with Gasteiger partial charge in [-0.1, -0.05) is 0 Å². The lowest BCUT2D eigenvalue weighted by molar-refractivity contribution is -0.121. The minimum Gasteiger partial charge on any atom is -0.357 e. The Labute approximate surface area is 163 Å². The van der Waals surface area contributed by atoms with Gasteiger partial charge in [-0.25, -0.2) is 9.98 Å². The van der Waals surface area contributed by atoms with Crippen LogP contribution in [0, 0.1) is 0 Å². The molecular formula is C15H25IN6OS. The molecule has 0 fully saturated rings. The summed E-state index contributed by atoms with van der Waals surface area (Å²) in [5.74, 6) is 0.540. The van der Waals surface area contributed by atoms with Crippen molar-refractivity contribution in [1.29, 1.82) is 0 Å². The number of aromatic nitrogens is 2. The van der Waals surface area contributed by atoms with Crippen LogP contribution in [0.25, 0.3) is 4.96 Å². The lowest BCUT2D eigenvalue weighted by Crippen LogP contribution is -2.48. The van der Waals surface area contributed by atoms with E-state index >= 15 is 0 Å². The minimum absolute atomic E-state index is 0. The molecular weight excluding hydrogens is 439 g/mol. The smallest absolute Gasteiger partial charge is 0.239 e. The van der Waals surface area contributed by atoms with E-state index in [0.717, 1.165) is 17.2 Å². The van der Waals surface area contributed by atoms with Crippen LogP contribution in [0.1, 0.15) is 33.4 Å². The highest BCUT2D eigenvalue weighted by molar-refractivity contribution is 14.0. The number of fused-ring (bicyclic) bond motifs is 1. The fourth-order valence-electron chi connectivity index (χ4n) is 1.98. The first kappa shape index (κ1) is 20.7. The molecule has 0 atom stereocenters. The molecule has 2 rings (SSSR count). The first-order chi connectivity index (χ1) is 10.9. The molecule has 0 aliphatic carbocycles. The Balaban J connectivity index is 0.00000288. The summed E-state index contributed by atoms with van der Waals surface area (Å²) in [5.41, 5.74) is 0.657. The van der Waals surface area contributed by atoms with Crippen molar-refractivity contribution in [2.45, 2.75) is 39.8 Å². The molecule has 2 aromatic rings. The Morgan fingerprint density at radius 3 is 2.75 bits per heavy atom. The van der Waals surface area contributed by atoms with Gasteiger partial charge in [0.1, 0.15) is 0 Å². The quantitative estimate of drug-likeness (QED) is 0.359. The molecule has 0 unspecified atom stereocenters. The molecule has 7 nitrogen and oxygen atoms in total. The number of nitrogens with one attached hydrogen (secondary N) is 3. The number of aliphatic imine (C=N–C) groups is 1. The zero-order chi connectivity index (χ0) is 16.9. The molecule has 0 saturated heterocycles. The fourth-order valence-corrected chi connectivity index (χ4v) is 2.70. The molecule has 0 aromatic carbocycles. The van der Waals surface area contributed by atoms with Gasteiger partial charge in [-0.05, 0) is 27.7 Å². The summed E-state index contributed by atoms with van der Waals surface area (Å²) in [6.07, 6.45) is 3.94. The van der Waals surface area contributed by atoms with Crippen molar-refractivity contribution < 1.29 is 4.79 Å².